The molecule has 2 aromatic rings. The number of hydrogen-bond donors (Lipinski definition) is 1. The second-order valence-electron chi connectivity index (χ2n) is 8.50. The van der Waals surface area contributed by atoms with E-state index in [2.05, 4.69) is 29.3 Å². The molecule has 1 atom stereocenters. The summed E-state index contributed by atoms with van der Waals surface area (Å²) in [5, 5.41) is 2.65. The molecule has 1 N–H and O–H groups in total. The molecule has 1 amide bonds. The van der Waals surface area contributed by atoms with Crippen LogP contribution in [-0.4, -0.2) is 62.4 Å². The molecule has 0 saturated carbocycles. The number of hydrogen-bond acceptors (Lipinski definition) is 6. The number of morpholine rings is 1. The fourth-order valence-corrected chi connectivity index (χ4v) is 5.64. The van der Waals surface area contributed by atoms with Crippen LogP contribution in [0, 0.1) is 0 Å². The van der Waals surface area contributed by atoms with Crippen molar-refractivity contribution in [2.45, 2.75) is 50.5 Å². The number of piperidine rings is 1. The van der Waals surface area contributed by atoms with E-state index in [1.54, 1.807) is 0 Å². The normalized spacial score (nSPS) is 20.8. The molecule has 9 heteroatoms. The van der Waals surface area contributed by atoms with Crippen LogP contribution < -0.4 is 5.32 Å². The molecular weight excluding hydrogens is 430 g/mol. The molecule has 8 nitrogen and oxygen atoms in total. The second-order valence-corrected chi connectivity index (χ2v) is 10.4. The van der Waals surface area contributed by atoms with Crippen LogP contribution in [0.25, 0.3) is 0 Å². The maximum absolute atomic E-state index is 12.7. The topological polar surface area (TPSA) is 92.1 Å². The highest BCUT2D eigenvalue weighted by atomic mass is 32.2. The summed E-state index contributed by atoms with van der Waals surface area (Å²) < 4.78 is 37.9. The lowest BCUT2D eigenvalue weighted by molar-refractivity contribution is -0.0212. The van der Waals surface area contributed by atoms with E-state index in [1.165, 1.54) is 22.0 Å². The van der Waals surface area contributed by atoms with Crippen molar-refractivity contribution in [2.75, 3.05) is 32.8 Å². The van der Waals surface area contributed by atoms with Crippen molar-refractivity contribution in [3.05, 3.63) is 53.3 Å². The third kappa shape index (κ3) is 5.58. The molecule has 32 heavy (non-hydrogen) atoms. The monoisotopic (exact) mass is 461 g/mol. The van der Waals surface area contributed by atoms with E-state index < -0.39 is 15.9 Å². The molecular formula is C23H31N3O5S. The summed E-state index contributed by atoms with van der Waals surface area (Å²) in [7, 11) is -3.69. The van der Waals surface area contributed by atoms with Gasteiger partial charge < -0.3 is 14.5 Å². The lowest BCUT2D eigenvalue weighted by Crippen LogP contribution is -2.40. The SMILES string of the molecule is CC1CN(Cc2cccc(CNC(=O)c3ccc(S(=O)(=O)N4CCCCC4)o3)c2)CCO1. The highest BCUT2D eigenvalue weighted by Gasteiger charge is 2.29. The minimum atomic E-state index is -3.69. The Morgan fingerprint density at radius 3 is 2.66 bits per heavy atom. The number of nitrogens with one attached hydrogen (secondary N) is 1. The molecule has 2 saturated heterocycles. The van der Waals surface area contributed by atoms with Gasteiger partial charge in [0.25, 0.3) is 15.9 Å². The Morgan fingerprint density at radius 1 is 1.09 bits per heavy atom. The smallest absolute Gasteiger partial charge is 0.287 e. The number of benzene rings is 1. The Hall–Kier alpha value is -2.20. The van der Waals surface area contributed by atoms with Crippen LogP contribution in [0.2, 0.25) is 0 Å². The van der Waals surface area contributed by atoms with Crippen molar-refractivity contribution in [3.63, 3.8) is 0 Å². The Kier molecular flexibility index (Phi) is 7.30. The first-order valence-corrected chi connectivity index (χ1v) is 12.7. The zero-order valence-electron chi connectivity index (χ0n) is 18.5. The first-order valence-electron chi connectivity index (χ1n) is 11.2. The Morgan fingerprint density at radius 2 is 1.88 bits per heavy atom. The van der Waals surface area contributed by atoms with Gasteiger partial charge in [0, 0.05) is 39.3 Å². The van der Waals surface area contributed by atoms with Gasteiger partial charge in [-0.05, 0) is 43.0 Å². The van der Waals surface area contributed by atoms with E-state index in [1.807, 2.05) is 12.1 Å². The van der Waals surface area contributed by atoms with Crippen molar-refractivity contribution in [1.82, 2.24) is 14.5 Å². The summed E-state index contributed by atoms with van der Waals surface area (Å²) >= 11 is 0. The van der Waals surface area contributed by atoms with Crippen LogP contribution in [0.15, 0.2) is 45.9 Å². The number of carbonyl (C=O) groups excluding carboxylic acids is 1. The predicted molar refractivity (Wildman–Crippen MR) is 120 cm³/mol. The number of sulfonamides is 1. The summed E-state index contributed by atoms with van der Waals surface area (Å²) in [6.45, 7) is 6.79. The van der Waals surface area contributed by atoms with Gasteiger partial charge in [-0.1, -0.05) is 30.7 Å². The molecule has 1 aromatic heterocycles. The van der Waals surface area contributed by atoms with Crippen molar-refractivity contribution in [3.8, 4) is 0 Å². The van der Waals surface area contributed by atoms with Gasteiger partial charge in [-0.25, -0.2) is 8.42 Å². The zero-order valence-corrected chi connectivity index (χ0v) is 19.3. The van der Waals surface area contributed by atoms with E-state index in [-0.39, 0.29) is 17.0 Å². The molecule has 0 bridgehead atoms. The van der Waals surface area contributed by atoms with Gasteiger partial charge in [-0.15, -0.1) is 0 Å². The number of rotatable bonds is 7. The van der Waals surface area contributed by atoms with Crippen LogP contribution in [0.3, 0.4) is 0 Å². The van der Waals surface area contributed by atoms with Gasteiger partial charge in [0.05, 0.1) is 12.7 Å². The van der Waals surface area contributed by atoms with Crippen LogP contribution >= 0.6 is 0 Å². The van der Waals surface area contributed by atoms with E-state index in [9.17, 15) is 13.2 Å². The highest BCUT2D eigenvalue weighted by Crippen LogP contribution is 2.22. The minimum absolute atomic E-state index is 0.000886. The maximum Gasteiger partial charge on any atom is 0.287 e. The third-order valence-electron chi connectivity index (χ3n) is 5.89. The number of ether oxygens (including phenoxy) is 1. The van der Waals surface area contributed by atoms with Crippen LogP contribution in [0.1, 0.15) is 47.9 Å². The third-order valence-corrected chi connectivity index (χ3v) is 7.66. The molecule has 2 aliphatic heterocycles. The maximum atomic E-state index is 12.7. The quantitative estimate of drug-likeness (QED) is 0.682. The lowest BCUT2D eigenvalue weighted by atomic mass is 10.1. The molecule has 1 unspecified atom stereocenters. The van der Waals surface area contributed by atoms with Gasteiger partial charge in [0.2, 0.25) is 5.09 Å². The molecule has 4 rings (SSSR count). The zero-order chi connectivity index (χ0) is 22.6. The minimum Gasteiger partial charge on any atom is -0.438 e. The van der Waals surface area contributed by atoms with Crippen molar-refractivity contribution in [2.24, 2.45) is 0 Å². The molecule has 174 valence electrons. The van der Waals surface area contributed by atoms with Gasteiger partial charge in [-0.2, -0.15) is 4.31 Å². The Bertz CT molecular complexity index is 1030. The van der Waals surface area contributed by atoms with E-state index >= 15 is 0 Å². The van der Waals surface area contributed by atoms with E-state index in [0.29, 0.717) is 19.6 Å². The van der Waals surface area contributed by atoms with Crippen LogP contribution in [0.4, 0.5) is 0 Å². The van der Waals surface area contributed by atoms with Gasteiger partial charge in [0.1, 0.15) is 0 Å². The van der Waals surface area contributed by atoms with Gasteiger partial charge >= 0.3 is 0 Å². The summed E-state index contributed by atoms with van der Waals surface area (Å²) in [6, 6.07) is 10.9. The average molecular weight is 462 g/mol. The van der Waals surface area contributed by atoms with Crippen molar-refractivity contribution >= 4 is 15.9 Å². The number of furan rings is 1. The Balaban J connectivity index is 1.34. The van der Waals surface area contributed by atoms with E-state index in [0.717, 1.165) is 51.1 Å². The number of amides is 1. The average Bonchev–Trinajstić information content (AvgIpc) is 3.30. The van der Waals surface area contributed by atoms with Crippen LogP contribution in [0.5, 0.6) is 0 Å². The highest BCUT2D eigenvalue weighted by molar-refractivity contribution is 7.89. The molecule has 2 aliphatic rings. The molecule has 2 fully saturated rings. The predicted octanol–water partition coefficient (Wildman–Crippen LogP) is 2.60. The molecule has 0 spiro atoms. The molecule has 0 aliphatic carbocycles. The molecule has 1 aromatic carbocycles. The summed E-state index contributed by atoms with van der Waals surface area (Å²) in [6.07, 6.45) is 2.96. The van der Waals surface area contributed by atoms with Crippen molar-refractivity contribution in [1.29, 1.82) is 0 Å². The first-order chi connectivity index (χ1) is 15.4. The van der Waals surface area contributed by atoms with Crippen molar-refractivity contribution < 1.29 is 22.4 Å². The summed E-state index contributed by atoms with van der Waals surface area (Å²) in [4.78, 5) is 14.9. The lowest BCUT2D eigenvalue weighted by Gasteiger charge is -2.31. The standard InChI is InChI=1S/C23H31N3O5S/c1-18-16-25(12-13-30-18)17-20-7-5-6-19(14-20)15-24-23(27)21-8-9-22(31-21)32(28,29)26-10-3-2-4-11-26/h5-9,14,18H,2-4,10-13,15-17H2,1H3,(H,24,27). The van der Waals surface area contributed by atoms with Crippen LogP contribution in [-0.2, 0) is 27.8 Å². The second kappa shape index (κ2) is 10.2. The molecule has 0 radical (unpaired) electrons. The largest absolute Gasteiger partial charge is 0.438 e. The van der Waals surface area contributed by atoms with Gasteiger partial charge in [0.15, 0.2) is 5.76 Å². The fraction of sp³-hybridized carbons (Fsp3) is 0.522. The number of carbonyl (C=O) groups is 1. The summed E-state index contributed by atoms with van der Waals surface area (Å²) in [5.41, 5.74) is 2.16. The number of nitrogens with zero attached hydrogens (tertiary/aromatic N) is 2. The fourth-order valence-electron chi connectivity index (χ4n) is 4.21. The molecule has 3 heterocycles. The first kappa shape index (κ1) is 23.0. The van der Waals surface area contributed by atoms with Gasteiger partial charge in [-0.3, -0.25) is 9.69 Å². The summed E-state index contributed by atoms with van der Waals surface area (Å²) in [5.74, 6) is -0.434. The Labute approximate surface area is 189 Å². The van der Waals surface area contributed by atoms with E-state index in [4.69, 9.17) is 9.15 Å².